The number of nitrogens with zero attached hydrogens (tertiary/aromatic N) is 1. The third kappa shape index (κ3) is 4.62. The van der Waals surface area contributed by atoms with Gasteiger partial charge in [-0.25, -0.2) is 0 Å². The molecule has 21 heavy (non-hydrogen) atoms. The minimum absolute atomic E-state index is 0.154. The Morgan fingerprint density at radius 3 is 2.57 bits per heavy atom. The lowest BCUT2D eigenvalue weighted by molar-refractivity contribution is -0.274. The number of benzene rings is 1. The summed E-state index contributed by atoms with van der Waals surface area (Å²) >= 11 is 3.42. The van der Waals surface area contributed by atoms with Gasteiger partial charge in [-0.2, -0.15) is 0 Å². The lowest BCUT2D eigenvalue weighted by Gasteiger charge is -2.32. The second kappa shape index (κ2) is 6.68. The molecule has 1 atom stereocenters. The van der Waals surface area contributed by atoms with Gasteiger partial charge < -0.3 is 9.64 Å². The van der Waals surface area contributed by atoms with E-state index in [1.807, 2.05) is 0 Å². The highest BCUT2D eigenvalue weighted by Gasteiger charge is 2.31. The molecule has 3 nitrogen and oxygen atoms in total. The first-order chi connectivity index (χ1) is 9.89. The Bertz CT molecular complexity index is 490. The maximum atomic E-state index is 12.3. The molecule has 1 aliphatic heterocycles. The maximum Gasteiger partial charge on any atom is 0.573 e. The SMILES string of the molecule is O=C(c1ccc(OC(F)(F)F)cc1)N1CCCC(CBr)C1. The summed E-state index contributed by atoms with van der Waals surface area (Å²) in [5.41, 5.74) is 0.375. The molecular formula is C14H15BrF3NO2. The molecule has 1 heterocycles. The molecule has 0 aliphatic carbocycles. The Morgan fingerprint density at radius 2 is 2.00 bits per heavy atom. The number of hydrogen-bond donors (Lipinski definition) is 0. The molecule has 1 unspecified atom stereocenters. The number of ether oxygens (including phenoxy) is 1. The molecule has 2 rings (SSSR count). The van der Waals surface area contributed by atoms with Crippen molar-refractivity contribution >= 4 is 21.8 Å². The monoisotopic (exact) mass is 365 g/mol. The number of amides is 1. The Kier molecular flexibility index (Phi) is 5.13. The van der Waals surface area contributed by atoms with E-state index in [1.165, 1.54) is 12.1 Å². The van der Waals surface area contributed by atoms with Gasteiger partial charge in [0.15, 0.2) is 0 Å². The van der Waals surface area contributed by atoms with Gasteiger partial charge in [0.25, 0.3) is 5.91 Å². The van der Waals surface area contributed by atoms with Crippen molar-refractivity contribution in [2.75, 3.05) is 18.4 Å². The molecule has 116 valence electrons. The zero-order valence-electron chi connectivity index (χ0n) is 11.2. The van der Waals surface area contributed by atoms with Gasteiger partial charge in [-0.15, -0.1) is 13.2 Å². The molecule has 1 aromatic carbocycles. The van der Waals surface area contributed by atoms with Crippen molar-refractivity contribution in [1.29, 1.82) is 0 Å². The number of rotatable bonds is 3. The fourth-order valence-electron chi connectivity index (χ4n) is 2.36. The van der Waals surface area contributed by atoms with E-state index in [9.17, 15) is 18.0 Å². The predicted octanol–water partition coefficient (Wildman–Crippen LogP) is 3.83. The highest BCUT2D eigenvalue weighted by Crippen LogP contribution is 2.24. The van der Waals surface area contributed by atoms with Crippen LogP contribution in [-0.2, 0) is 0 Å². The van der Waals surface area contributed by atoms with Crippen molar-refractivity contribution in [2.45, 2.75) is 19.2 Å². The van der Waals surface area contributed by atoms with Crippen LogP contribution < -0.4 is 4.74 Å². The Morgan fingerprint density at radius 1 is 1.33 bits per heavy atom. The maximum absolute atomic E-state index is 12.3. The summed E-state index contributed by atoms with van der Waals surface area (Å²) in [4.78, 5) is 14.1. The zero-order valence-corrected chi connectivity index (χ0v) is 12.8. The number of carbonyl (C=O) groups excluding carboxylic acids is 1. The highest BCUT2D eigenvalue weighted by atomic mass is 79.9. The highest BCUT2D eigenvalue weighted by molar-refractivity contribution is 9.09. The van der Waals surface area contributed by atoms with Crippen LogP contribution >= 0.6 is 15.9 Å². The molecule has 1 aliphatic rings. The minimum atomic E-state index is -4.72. The van der Waals surface area contributed by atoms with Crippen LogP contribution in [0.2, 0.25) is 0 Å². The second-order valence-electron chi connectivity index (χ2n) is 4.99. The van der Waals surface area contributed by atoms with Gasteiger partial charge in [0.05, 0.1) is 0 Å². The molecule has 0 saturated carbocycles. The summed E-state index contributed by atoms with van der Waals surface area (Å²) in [5, 5.41) is 0.842. The fraction of sp³-hybridized carbons (Fsp3) is 0.500. The topological polar surface area (TPSA) is 29.5 Å². The molecule has 0 radical (unpaired) electrons. The molecule has 0 bridgehead atoms. The third-order valence-electron chi connectivity index (χ3n) is 3.36. The molecular weight excluding hydrogens is 351 g/mol. The average Bonchev–Trinajstić information content (AvgIpc) is 2.46. The Labute approximate surface area is 129 Å². The van der Waals surface area contributed by atoms with E-state index in [4.69, 9.17) is 0 Å². The van der Waals surface area contributed by atoms with Crippen LogP contribution in [0.3, 0.4) is 0 Å². The van der Waals surface area contributed by atoms with Crippen LogP contribution in [0.4, 0.5) is 13.2 Å². The van der Waals surface area contributed by atoms with Gasteiger partial charge >= 0.3 is 6.36 Å². The molecule has 7 heteroatoms. The van der Waals surface area contributed by atoms with E-state index in [-0.39, 0.29) is 11.7 Å². The minimum Gasteiger partial charge on any atom is -0.406 e. The predicted molar refractivity (Wildman–Crippen MR) is 75.5 cm³/mol. The number of halogens is 4. The van der Waals surface area contributed by atoms with Crippen LogP contribution in [0, 0.1) is 5.92 Å². The number of alkyl halides is 4. The first-order valence-corrected chi connectivity index (χ1v) is 7.72. The van der Waals surface area contributed by atoms with E-state index in [1.54, 1.807) is 4.90 Å². The number of piperidine rings is 1. The summed E-state index contributed by atoms with van der Waals surface area (Å²) in [7, 11) is 0. The molecule has 0 spiro atoms. The smallest absolute Gasteiger partial charge is 0.406 e. The van der Waals surface area contributed by atoms with Gasteiger partial charge in [0, 0.05) is 24.0 Å². The normalized spacial score (nSPS) is 19.4. The Hall–Kier alpha value is -1.24. The van der Waals surface area contributed by atoms with Gasteiger partial charge in [0.2, 0.25) is 0 Å². The van der Waals surface area contributed by atoms with Crippen molar-refractivity contribution in [3.05, 3.63) is 29.8 Å². The zero-order chi connectivity index (χ0) is 15.5. The van der Waals surface area contributed by atoms with Crippen molar-refractivity contribution in [2.24, 2.45) is 5.92 Å². The van der Waals surface area contributed by atoms with Crippen molar-refractivity contribution in [1.82, 2.24) is 4.90 Å². The van der Waals surface area contributed by atoms with Gasteiger partial charge in [-0.3, -0.25) is 4.79 Å². The third-order valence-corrected chi connectivity index (χ3v) is 4.27. The first-order valence-electron chi connectivity index (χ1n) is 6.60. The average molecular weight is 366 g/mol. The van der Waals surface area contributed by atoms with Gasteiger partial charge in [-0.05, 0) is 43.0 Å². The lowest BCUT2D eigenvalue weighted by Crippen LogP contribution is -2.40. The van der Waals surface area contributed by atoms with Crippen LogP contribution in [0.25, 0.3) is 0 Å². The van der Waals surface area contributed by atoms with E-state index >= 15 is 0 Å². The molecule has 0 N–H and O–H groups in total. The summed E-state index contributed by atoms with van der Waals surface area (Å²) in [6.45, 7) is 1.36. The Balaban J connectivity index is 2.02. The van der Waals surface area contributed by atoms with Crippen LogP contribution in [-0.4, -0.2) is 35.6 Å². The summed E-state index contributed by atoms with van der Waals surface area (Å²) in [6, 6.07) is 5.04. The molecule has 1 fully saturated rings. The largest absolute Gasteiger partial charge is 0.573 e. The van der Waals surface area contributed by atoms with Crippen molar-refractivity contribution in [3.8, 4) is 5.75 Å². The van der Waals surface area contributed by atoms with Crippen LogP contribution in [0.15, 0.2) is 24.3 Å². The summed E-state index contributed by atoms with van der Waals surface area (Å²) in [6.07, 6.45) is -2.70. The second-order valence-corrected chi connectivity index (χ2v) is 5.63. The summed E-state index contributed by atoms with van der Waals surface area (Å²) in [5.74, 6) is -0.0502. The van der Waals surface area contributed by atoms with Crippen molar-refractivity contribution in [3.63, 3.8) is 0 Å². The van der Waals surface area contributed by atoms with Crippen LogP contribution in [0.5, 0.6) is 5.75 Å². The molecule has 0 aromatic heterocycles. The summed E-state index contributed by atoms with van der Waals surface area (Å²) < 4.78 is 40.0. The van der Waals surface area contributed by atoms with E-state index < -0.39 is 6.36 Å². The molecule has 1 amide bonds. The number of likely N-dealkylation sites (tertiary alicyclic amines) is 1. The first kappa shape index (κ1) is 16.1. The van der Waals surface area contributed by atoms with E-state index in [0.29, 0.717) is 24.6 Å². The number of hydrogen-bond acceptors (Lipinski definition) is 2. The lowest BCUT2D eigenvalue weighted by atomic mass is 9.99. The van der Waals surface area contributed by atoms with Gasteiger partial charge in [-0.1, -0.05) is 15.9 Å². The molecule has 1 aromatic rings. The van der Waals surface area contributed by atoms with Crippen molar-refractivity contribution < 1.29 is 22.7 Å². The van der Waals surface area contributed by atoms with Crippen LogP contribution in [0.1, 0.15) is 23.2 Å². The van der Waals surface area contributed by atoms with Gasteiger partial charge in [0.1, 0.15) is 5.75 Å². The van der Waals surface area contributed by atoms with E-state index in [2.05, 4.69) is 20.7 Å². The fourth-order valence-corrected chi connectivity index (χ4v) is 2.89. The standard InChI is InChI=1S/C14H15BrF3NO2/c15-8-10-2-1-7-19(9-10)13(20)11-3-5-12(6-4-11)21-14(16,17)18/h3-6,10H,1-2,7-9H2. The molecule has 1 saturated heterocycles. The quantitative estimate of drug-likeness (QED) is 0.761. The number of carbonyl (C=O) groups is 1. The van der Waals surface area contributed by atoms with E-state index in [0.717, 1.165) is 30.3 Å².